The average Bonchev–Trinajstić information content (AvgIpc) is 2.91. The summed E-state index contributed by atoms with van der Waals surface area (Å²) in [6.45, 7) is 3.87. The van der Waals surface area contributed by atoms with Gasteiger partial charge >= 0.3 is 0 Å². The summed E-state index contributed by atoms with van der Waals surface area (Å²) in [6, 6.07) is 6.13. The summed E-state index contributed by atoms with van der Waals surface area (Å²) in [5, 5.41) is 16.7. The summed E-state index contributed by atoms with van der Waals surface area (Å²) in [5.41, 5.74) is 1.30. The minimum atomic E-state index is -0.468. The number of hydrogen-bond donors (Lipinski definition) is 1. The van der Waals surface area contributed by atoms with Gasteiger partial charge in [-0.3, -0.25) is 14.9 Å². The maximum absolute atomic E-state index is 12.2. The highest BCUT2D eigenvalue weighted by molar-refractivity contribution is 7.09. The molecule has 0 radical (unpaired) electrons. The van der Waals surface area contributed by atoms with Crippen LogP contribution in [0.5, 0.6) is 0 Å². The summed E-state index contributed by atoms with van der Waals surface area (Å²) >= 11 is 1.50. The second kappa shape index (κ2) is 7.13. The predicted octanol–water partition coefficient (Wildman–Crippen LogP) is 3.17. The molecule has 6 nitrogen and oxygen atoms in total. The van der Waals surface area contributed by atoms with Crippen LogP contribution in [0.25, 0.3) is 0 Å². The molecular weight excluding hydrogens is 302 g/mol. The summed E-state index contributed by atoms with van der Waals surface area (Å²) in [5.74, 6) is -0.242. The number of carbonyl (C=O) groups excluding carboxylic acids is 1. The van der Waals surface area contributed by atoms with Gasteiger partial charge in [0.1, 0.15) is 5.01 Å². The predicted molar refractivity (Wildman–Crippen MR) is 84.8 cm³/mol. The number of nitro groups is 1. The van der Waals surface area contributed by atoms with Crippen molar-refractivity contribution in [3.05, 3.63) is 56.0 Å². The number of rotatable bonds is 6. The quantitative estimate of drug-likeness (QED) is 0.654. The monoisotopic (exact) mass is 319 g/mol. The van der Waals surface area contributed by atoms with E-state index in [1.54, 1.807) is 18.2 Å². The zero-order valence-electron chi connectivity index (χ0n) is 12.4. The Balaban J connectivity index is 2.08. The standard InChI is InChI=1S/C15H17N3O3S/c1-3-12(15-16-10(2)9-22-15)17-14(19)8-11-6-4-5-7-13(11)18(20)21/h4-7,9,12H,3,8H2,1-2H3,(H,17,19). The molecule has 1 aromatic carbocycles. The molecule has 2 aromatic rings. The van der Waals surface area contributed by atoms with E-state index in [1.807, 2.05) is 19.2 Å². The van der Waals surface area contributed by atoms with Crippen LogP contribution in [-0.2, 0) is 11.2 Å². The SMILES string of the molecule is CCC(NC(=O)Cc1ccccc1[N+](=O)[O-])c1nc(C)cs1. The fraction of sp³-hybridized carbons (Fsp3) is 0.333. The average molecular weight is 319 g/mol. The molecule has 1 N–H and O–H groups in total. The van der Waals surface area contributed by atoms with Crippen molar-refractivity contribution in [3.8, 4) is 0 Å². The van der Waals surface area contributed by atoms with Gasteiger partial charge in [0, 0.05) is 22.7 Å². The molecular formula is C15H17N3O3S. The van der Waals surface area contributed by atoms with Gasteiger partial charge in [-0.05, 0) is 13.3 Å². The zero-order valence-corrected chi connectivity index (χ0v) is 13.2. The Bertz CT molecular complexity index is 684. The molecule has 0 saturated heterocycles. The molecule has 0 aliphatic heterocycles. The third kappa shape index (κ3) is 3.88. The lowest BCUT2D eigenvalue weighted by molar-refractivity contribution is -0.385. The van der Waals surface area contributed by atoms with Gasteiger partial charge < -0.3 is 5.32 Å². The fourth-order valence-electron chi connectivity index (χ4n) is 2.13. The maximum Gasteiger partial charge on any atom is 0.273 e. The third-order valence-corrected chi connectivity index (χ3v) is 4.29. The molecule has 1 atom stereocenters. The molecule has 2 rings (SSSR count). The highest BCUT2D eigenvalue weighted by atomic mass is 32.1. The Morgan fingerprint density at radius 3 is 2.77 bits per heavy atom. The number of benzene rings is 1. The number of amides is 1. The van der Waals surface area contributed by atoms with E-state index in [1.165, 1.54) is 17.4 Å². The highest BCUT2D eigenvalue weighted by Crippen LogP contribution is 2.22. The number of thiazole rings is 1. The fourth-order valence-corrected chi connectivity index (χ4v) is 3.06. The number of aromatic nitrogens is 1. The Labute approximate surface area is 132 Å². The van der Waals surface area contributed by atoms with Crippen LogP contribution in [0.2, 0.25) is 0 Å². The van der Waals surface area contributed by atoms with Gasteiger partial charge in [0.2, 0.25) is 5.91 Å². The van der Waals surface area contributed by atoms with Crippen molar-refractivity contribution in [2.75, 3.05) is 0 Å². The first-order chi connectivity index (χ1) is 10.5. The van der Waals surface area contributed by atoms with Gasteiger partial charge in [-0.1, -0.05) is 25.1 Å². The molecule has 0 aliphatic carbocycles. The van der Waals surface area contributed by atoms with Gasteiger partial charge in [0.15, 0.2) is 0 Å². The van der Waals surface area contributed by atoms with Crippen molar-refractivity contribution in [1.29, 1.82) is 0 Å². The molecule has 22 heavy (non-hydrogen) atoms. The molecule has 1 aromatic heterocycles. The van der Waals surface area contributed by atoms with Gasteiger partial charge in [0.25, 0.3) is 5.69 Å². The molecule has 116 valence electrons. The van der Waals surface area contributed by atoms with Crippen molar-refractivity contribution in [2.45, 2.75) is 32.7 Å². The van der Waals surface area contributed by atoms with Crippen LogP contribution in [0.15, 0.2) is 29.6 Å². The lowest BCUT2D eigenvalue weighted by atomic mass is 10.1. The first-order valence-electron chi connectivity index (χ1n) is 6.95. The topological polar surface area (TPSA) is 85.1 Å². The Morgan fingerprint density at radius 2 is 2.18 bits per heavy atom. The molecule has 1 heterocycles. The highest BCUT2D eigenvalue weighted by Gasteiger charge is 2.19. The summed E-state index contributed by atoms with van der Waals surface area (Å²) < 4.78 is 0. The number of carbonyl (C=O) groups is 1. The van der Waals surface area contributed by atoms with Crippen molar-refractivity contribution >= 4 is 22.9 Å². The van der Waals surface area contributed by atoms with E-state index in [0.29, 0.717) is 5.56 Å². The maximum atomic E-state index is 12.2. The second-order valence-electron chi connectivity index (χ2n) is 4.92. The largest absolute Gasteiger partial charge is 0.347 e. The first kappa shape index (κ1) is 16.1. The molecule has 0 fully saturated rings. The van der Waals surface area contributed by atoms with Gasteiger partial charge in [-0.15, -0.1) is 11.3 Å². The van der Waals surface area contributed by atoms with Crippen molar-refractivity contribution in [3.63, 3.8) is 0 Å². The zero-order chi connectivity index (χ0) is 16.1. The molecule has 1 amide bonds. The first-order valence-corrected chi connectivity index (χ1v) is 7.83. The van der Waals surface area contributed by atoms with Crippen LogP contribution in [0.3, 0.4) is 0 Å². The van der Waals surface area contributed by atoms with E-state index in [0.717, 1.165) is 17.1 Å². The molecule has 0 aliphatic rings. The number of nitrogens with zero attached hydrogens (tertiary/aromatic N) is 2. The molecule has 0 bridgehead atoms. The van der Waals surface area contributed by atoms with Crippen LogP contribution in [-0.4, -0.2) is 15.8 Å². The second-order valence-corrected chi connectivity index (χ2v) is 5.81. The number of para-hydroxylation sites is 1. The molecule has 0 saturated carbocycles. The number of nitrogens with one attached hydrogen (secondary N) is 1. The number of aryl methyl sites for hydroxylation is 1. The summed E-state index contributed by atoms with van der Waals surface area (Å²) in [7, 11) is 0. The number of nitro benzene ring substituents is 1. The van der Waals surface area contributed by atoms with Gasteiger partial charge in [0.05, 0.1) is 17.4 Å². The van der Waals surface area contributed by atoms with E-state index in [2.05, 4.69) is 10.3 Å². The van der Waals surface area contributed by atoms with Crippen LogP contribution in [0, 0.1) is 17.0 Å². The minimum Gasteiger partial charge on any atom is -0.347 e. The van der Waals surface area contributed by atoms with Crippen molar-refractivity contribution < 1.29 is 9.72 Å². The lowest BCUT2D eigenvalue weighted by Gasteiger charge is -2.14. The summed E-state index contributed by atoms with van der Waals surface area (Å²) in [4.78, 5) is 27.1. The molecule has 1 unspecified atom stereocenters. The van der Waals surface area contributed by atoms with E-state index in [9.17, 15) is 14.9 Å². The van der Waals surface area contributed by atoms with Gasteiger partial charge in [-0.2, -0.15) is 0 Å². The van der Waals surface area contributed by atoms with Gasteiger partial charge in [-0.25, -0.2) is 4.98 Å². The molecule has 7 heteroatoms. The van der Waals surface area contributed by atoms with Crippen LogP contribution in [0.1, 0.15) is 35.7 Å². The van der Waals surface area contributed by atoms with Crippen molar-refractivity contribution in [1.82, 2.24) is 10.3 Å². The lowest BCUT2D eigenvalue weighted by Crippen LogP contribution is -2.29. The van der Waals surface area contributed by atoms with E-state index in [4.69, 9.17) is 0 Å². The Morgan fingerprint density at radius 1 is 1.45 bits per heavy atom. The Hall–Kier alpha value is -2.28. The normalized spacial score (nSPS) is 11.9. The van der Waals surface area contributed by atoms with E-state index >= 15 is 0 Å². The van der Waals surface area contributed by atoms with Crippen LogP contribution >= 0.6 is 11.3 Å². The van der Waals surface area contributed by atoms with E-state index in [-0.39, 0.29) is 24.1 Å². The van der Waals surface area contributed by atoms with Crippen LogP contribution in [0.4, 0.5) is 5.69 Å². The van der Waals surface area contributed by atoms with E-state index < -0.39 is 4.92 Å². The molecule has 0 spiro atoms. The summed E-state index contributed by atoms with van der Waals surface area (Å²) in [6.07, 6.45) is 0.702. The Kier molecular flexibility index (Phi) is 5.21. The number of hydrogen-bond acceptors (Lipinski definition) is 5. The van der Waals surface area contributed by atoms with Crippen molar-refractivity contribution in [2.24, 2.45) is 0 Å². The smallest absolute Gasteiger partial charge is 0.273 e. The minimum absolute atomic E-state index is 0.0159. The van der Waals surface area contributed by atoms with Crippen LogP contribution < -0.4 is 5.32 Å². The third-order valence-electron chi connectivity index (χ3n) is 3.22.